The fraction of sp³-hybridized carbons (Fsp3) is 0.235. The van der Waals surface area contributed by atoms with Crippen molar-refractivity contribution >= 4 is 11.8 Å². The van der Waals surface area contributed by atoms with E-state index >= 15 is 0 Å². The second-order valence-corrected chi connectivity index (χ2v) is 4.52. The summed E-state index contributed by atoms with van der Waals surface area (Å²) in [6.07, 6.45) is 2.02. The van der Waals surface area contributed by atoms with Crippen molar-refractivity contribution in [1.29, 1.82) is 0 Å². The number of ketones is 1. The third-order valence-corrected chi connectivity index (χ3v) is 3.03. The van der Waals surface area contributed by atoms with Gasteiger partial charge in [0.05, 0.1) is 18.7 Å². The molecule has 0 N–H and O–H groups in total. The van der Waals surface area contributed by atoms with E-state index in [9.17, 15) is 9.59 Å². The summed E-state index contributed by atoms with van der Waals surface area (Å²) in [4.78, 5) is 27.5. The molecule has 2 rings (SSSR count). The summed E-state index contributed by atoms with van der Waals surface area (Å²) >= 11 is 0. The van der Waals surface area contributed by atoms with Gasteiger partial charge in [0.25, 0.3) is 0 Å². The van der Waals surface area contributed by atoms with Crippen LogP contribution in [0.3, 0.4) is 0 Å². The number of esters is 1. The van der Waals surface area contributed by atoms with Gasteiger partial charge in [0.2, 0.25) is 0 Å². The molecule has 1 aromatic heterocycles. The minimum Gasteiger partial charge on any atom is -0.466 e. The zero-order valence-electron chi connectivity index (χ0n) is 11.9. The molecule has 1 heterocycles. The molecule has 0 bridgehead atoms. The molecule has 21 heavy (non-hydrogen) atoms. The smallest absolute Gasteiger partial charge is 0.306 e. The van der Waals surface area contributed by atoms with Crippen LogP contribution in [-0.2, 0) is 9.53 Å². The van der Waals surface area contributed by atoms with Gasteiger partial charge in [-0.05, 0) is 19.1 Å². The Balaban J connectivity index is 1.99. The lowest BCUT2D eigenvalue weighted by molar-refractivity contribution is -0.143. The van der Waals surface area contributed by atoms with Crippen molar-refractivity contribution in [3.63, 3.8) is 0 Å². The van der Waals surface area contributed by atoms with Gasteiger partial charge in [0.15, 0.2) is 5.78 Å². The number of carbonyl (C=O) groups is 2. The van der Waals surface area contributed by atoms with E-state index in [1.54, 1.807) is 25.3 Å². The zero-order valence-corrected chi connectivity index (χ0v) is 11.9. The minimum atomic E-state index is -0.337. The summed E-state index contributed by atoms with van der Waals surface area (Å²) in [6, 6.07) is 12.9. The number of ether oxygens (including phenoxy) is 1. The van der Waals surface area contributed by atoms with Crippen LogP contribution in [-0.4, -0.2) is 23.3 Å². The molecule has 0 aliphatic heterocycles. The fourth-order valence-corrected chi connectivity index (χ4v) is 1.95. The van der Waals surface area contributed by atoms with Crippen molar-refractivity contribution in [1.82, 2.24) is 4.98 Å². The Hall–Kier alpha value is -2.49. The predicted molar refractivity (Wildman–Crippen MR) is 79.9 cm³/mol. The normalized spacial score (nSPS) is 10.1. The standard InChI is InChI=1S/C17H17NO3/c1-2-21-17(20)11-10-16(19)14-8-6-13(7-9-14)15-5-3-4-12-18-15/h3-9,12H,2,10-11H2,1H3. The maximum Gasteiger partial charge on any atom is 0.306 e. The molecular weight excluding hydrogens is 266 g/mol. The van der Waals surface area contributed by atoms with Gasteiger partial charge < -0.3 is 4.74 Å². The lowest BCUT2D eigenvalue weighted by Gasteiger charge is -2.04. The van der Waals surface area contributed by atoms with Gasteiger partial charge in [-0.25, -0.2) is 0 Å². The first-order valence-electron chi connectivity index (χ1n) is 6.91. The summed E-state index contributed by atoms with van der Waals surface area (Å²) in [5, 5.41) is 0. The first-order chi connectivity index (χ1) is 10.2. The Morgan fingerprint density at radius 3 is 2.43 bits per heavy atom. The van der Waals surface area contributed by atoms with Crippen molar-refractivity contribution in [2.45, 2.75) is 19.8 Å². The topological polar surface area (TPSA) is 56.3 Å². The van der Waals surface area contributed by atoms with Crippen LogP contribution in [0.5, 0.6) is 0 Å². The van der Waals surface area contributed by atoms with Crippen LogP contribution >= 0.6 is 0 Å². The number of aromatic nitrogens is 1. The molecule has 0 saturated heterocycles. The Morgan fingerprint density at radius 2 is 1.81 bits per heavy atom. The predicted octanol–water partition coefficient (Wildman–Crippen LogP) is 3.27. The highest BCUT2D eigenvalue weighted by Crippen LogP contribution is 2.17. The van der Waals surface area contributed by atoms with Crippen molar-refractivity contribution in [3.05, 3.63) is 54.2 Å². The summed E-state index contributed by atoms with van der Waals surface area (Å²) < 4.78 is 4.81. The third-order valence-electron chi connectivity index (χ3n) is 3.03. The molecule has 0 radical (unpaired) electrons. The molecule has 0 aliphatic carbocycles. The maximum absolute atomic E-state index is 12.0. The van der Waals surface area contributed by atoms with Gasteiger partial charge >= 0.3 is 5.97 Å². The Labute approximate surface area is 123 Å². The van der Waals surface area contributed by atoms with E-state index in [2.05, 4.69) is 4.98 Å². The number of Topliss-reactive ketones (excluding diaryl/α,β-unsaturated/α-hetero) is 1. The van der Waals surface area contributed by atoms with Crippen LogP contribution in [0.4, 0.5) is 0 Å². The average Bonchev–Trinajstić information content (AvgIpc) is 2.54. The molecule has 1 aromatic carbocycles. The third kappa shape index (κ3) is 4.24. The van der Waals surface area contributed by atoms with Gasteiger partial charge in [-0.3, -0.25) is 14.6 Å². The fourth-order valence-electron chi connectivity index (χ4n) is 1.95. The maximum atomic E-state index is 12.0. The van der Waals surface area contributed by atoms with Crippen LogP contribution in [0.2, 0.25) is 0 Å². The molecule has 4 heteroatoms. The lowest BCUT2D eigenvalue weighted by atomic mass is 10.0. The number of hydrogen-bond donors (Lipinski definition) is 0. The number of hydrogen-bond acceptors (Lipinski definition) is 4. The molecule has 0 spiro atoms. The second kappa shape index (κ2) is 7.33. The first kappa shape index (κ1) is 14.9. The van der Waals surface area contributed by atoms with E-state index in [1.165, 1.54) is 0 Å². The molecule has 0 fully saturated rings. The number of carbonyl (C=O) groups excluding carboxylic acids is 2. The van der Waals surface area contributed by atoms with Crippen LogP contribution in [0.25, 0.3) is 11.3 Å². The SMILES string of the molecule is CCOC(=O)CCC(=O)c1ccc(-c2ccccn2)cc1. The quantitative estimate of drug-likeness (QED) is 0.603. The number of nitrogens with zero attached hydrogens (tertiary/aromatic N) is 1. The van der Waals surface area contributed by atoms with Crippen LogP contribution < -0.4 is 0 Å². The van der Waals surface area contributed by atoms with Crippen LogP contribution in [0, 0.1) is 0 Å². The van der Waals surface area contributed by atoms with Gasteiger partial charge in [-0.2, -0.15) is 0 Å². The van der Waals surface area contributed by atoms with Crippen molar-refractivity contribution in [3.8, 4) is 11.3 Å². The Morgan fingerprint density at radius 1 is 1.05 bits per heavy atom. The Kier molecular flexibility index (Phi) is 5.21. The van der Waals surface area contributed by atoms with Crippen molar-refractivity contribution in [2.24, 2.45) is 0 Å². The molecule has 2 aromatic rings. The second-order valence-electron chi connectivity index (χ2n) is 4.52. The monoisotopic (exact) mass is 283 g/mol. The number of pyridine rings is 1. The van der Waals surface area contributed by atoms with E-state index in [4.69, 9.17) is 4.74 Å². The molecule has 4 nitrogen and oxygen atoms in total. The van der Waals surface area contributed by atoms with Gasteiger partial charge in [-0.15, -0.1) is 0 Å². The highest BCUT2D eigenvalue weighted by Gasteiger charge is 2.10. The number of benzene rings is 1. The van der Waals surface area contributed by atoms with E-state index in [0.717, 1.165) is 11.3 Å². The van der Waals surface area contributed by atoms with Crippen molar-refractivity contribution < 1.29 is 14.3 Å². The largest absolute Gasteiger partial charge is 0.466 e. The summed E-state index contributed by atoms with van der Waals surface area (Å²) in [7, 11) is 0. The molecule has 0 atom stereocenters. The van der Waals surface area contributed by atoms with Gasteiger partial charge in [0, 0.05) is 23.7 Å². The van der Waals surface area contributed by atoms with Crippen LogP contribution in [0.15, 0.2) is 48.7 Å². The van der Waals surface area contributed by atoms with E-state index < -0.39 is 0 Å². The van der Waals surface area contributed by atoms with Crippen LogP contribution in [0.1, 0.15) is 30.1 Å². The van der Waals surface area contributed by atoms with Crippen molar-refractivity contribution in [2.75, 3.05) is 6.61 Å². The number of rotatable bonds is 6. The molecule has 108 valence electrons. The zero-order chi connectivity index (χ0) is 15.1. The van der Waals surface area contributed by atoms with E-state index in [1.807, 2.05) is 30.3 Å². The molecule has 0 saturated carbocycles. The highest BCUT2D eigenvalue weighted by molar-refractivity contribution is 5.97. The van der Waals surface area contributed by atoms with E-state index in [-0.39, 0.29) is 24.6 Å². The molecule has 0 amide bonds. The molecule has 0 aliphatic rings. The van der Waals surface area contributed by atoms with Gasteiger partial charge in [-0.1, -0.05) is 30.3 Å². The molecular formula is C17H17NO3. The van der Waals surface area contributed by atoms with E-state index in [0.29, 0.717) is 12.2 Å². The highest BCUT2D eigenvalue weighted by atomic mass is 16.5. The minimum absolute atomic E-state index is 0.0596. The molecule has 0 unspecified atom stereocenters. The summed E-state index contributed by atoms with van der Waals surface area (Å²) in [6.45, 7) is 2.09. The summed E-state index contributed by atoms with van der Waals surface area (Å²) in [5.74, 6) is -0.397. The first-order valence-corrected chi connectivity index (χ1v) is 6.91. The Bertz CT molecular complexity index is 606. The average molecular weight is 283 g/mol. The van der Waals surface area contributed by atoms with Gasteiger partial charge in [0.1, 0.15) is 0 Å². The lowest BCUT2D eigenvalue weighted by Crippen LogP contribution is -2.07. The summed E-state index contributed by atoms with van der Waals surface area (Å²) in [5.41, 5.74) is 2.42.